The number of nitrogens with zero attached hydrogens (tertiary/aromatic N) is 1. The lowest BCUT2D eigenvalue weighted by atomic mass is 10.2. The van der Waals surface area contributed by atoms with Crippen LogP contribution in [0.2, 0.25) is 0 Å². The molecule has 1 aromatic carbocycles. The van der Waals surface area contributed by atoms with Gasteiger partial charge in [0.15, 0.2) is 11.6 Å². The molecule has 3 rings (SSSR count). The maximum Gasteiger partial charge on any atom is 0.153 e. The van der Waals surface area contributed by atoms with Crippen molar-refractivity contribution < 1.29 is 8.78 Å². The van der Waals surface area contributed by atoms with E-state index in [9.17, 15) is 8.78 Å². The Labute approximate surface area is 164 Å². The lowest BCUT2D eigenvalue weighted by Gasteiger charge is -1.98. The maximum atomic E-state index is 13.8. The zero-order valence-electron chi connectivity index (χ0n) is 14.1. The monoisotopic (exact) mass is 403 g/mol. The number of thiophene rings is 2. The van der Waals surface area contributed by atoms with E-state index < -0.39 is 17.3 Å². The smallest absolute Gasteiger partial charge is 0.153 e. The fourth-order valence-corrected chi connectivity index (χ4v) is 4.95. The van der Waals surface area contributed by atoms with Crippen molar-refractivity contribution in [3.8, 4) is 11.8 Å². The summed E-state index contributed by atoms with van der Waals surface area (Å²) in [5, 5.41) is 1.97. The van der Waals surface area contributed by atoms with E-state index in [1.807, 2.05) is 11.2 Å². The minimum absolute atomic E-state index is 0.264. The molecule has 0 amide bonds. The zero-order chi connectivity index (χ0) is 18.5. The summed E-state index contributed by atoms with van der Waals surface area (Å²) in [4.78, 5) is 5.68. The van der Waals surface area contributed by atoms with Gasteiger partial charge in [-0.3, -0.25) is 0 Å². The van der Waals surface area contributed by atoms with Gasteiger partial charge in [0.1, 0.15) is 5.69 Å². The quantitative estimate of drug-likeness (QED) is 0.191. The van der Waals surface area contributed by atoms with E-state index in [0.29, 0.717) is 0 Å². The Kier molecular flexibility index (Phi) is 6.29. The first-order valence-electron chi connectivity index (χ1n) is 8.22. The molecule has 6 heteroatoms. The first kappa shape index (κ1) is 18.9. The van der Waals surface area contributed by atoms with Crippen molar-refractivity contribution in [1.82, 2.24) is 0 Å². The van der Waals surface area contributed by atoms with E-state index in [1.165, 1.54) is 33.5 Å². The molecule has 0 saturated heterocycles. The highest BCUT2D eigenvalue weighted by atomic mass is 32.1. The van der Waals surface area contributed by atoms with Crippen LogP contribution in [0.25, 0.3) is 9.40 Å². The molecule has 0 bridgehead atoms. The molecule has 0 fully saturated rings. The highest BCUT2D eigenvalue weighted by Gasteiger charge is 2.09. The van der Waals surface area contributed by atoms with E-state index >= 15 is 0 Å². The maximum absolute atomic E-state index is 13.8. The summed E-state index contributed by atoms with van der Waals surface area (Å²) < 4.78 is 30.1. The summed E-state index contributed by atoms with van der Waals surface area (Å²) in [6, 6.07) is 6.58. The molecule has 0 aliphatic heterocycles. The van der Waals surface area contributed by atoms with Crippen LogP contribution in [0, 0.1) is 23.5 Å². The number of thiocarbonyl (C=S) groups is 1. The van der Waals surface area contributed by atoms with E-state index in [1.54, 1.807) is 22.7 Å². The molecule has 0 atom stereocenters. The molecular weight excluding hydrogens is 388 g/mol. The van der Waals surface area contributed by atoms with Crippen molar-refractivity contribution in [3.05, 3.63) is 51.2 Å². The highest BCUT2D eigenvalue weighted by molar-refractivity contribution is 7.78. The molecule has 0 aliphatic carbocycles. The first-order chi connectivity index (χ1) is 12.6. The molecule has 0 aliphatic rings. The van der Waals surface area contributed by atoms with Gasteiger partial charge in [0, 0.05) is 19.8 Å². The number of hydrogen-bond acceptors (Lipinski definition) is 4. The van der Waals surface area contributed by atoms with Gasteiger partial charge in [-0.1, -0.05) is 31.6 Å². The second-order valence-electron chi connectivity index (χ2n) is 5.75. The Morgan fingerprint density at radius 1 is 1.00 bits per heavy atom. The third kappa shape index (κ3) is 4.44. The molecule has 0 unspecified atom stereocenters. The number of benzene rings is 1. The lowest BCUT2D eigenvalue weighted by Crippen LogP contribution is -1.86. The van der Waals surface area contributed by atoms with Gasteiger partial charge in [-0.15, -0.1) is 22.7 Å². The molecule has 0 radical (unpaired) electrons. The van der Waals surface area contributed by atoms with Crippen LogP contribution in [0.4, 0.5) is 14.5 Å². The van der Waals surface area contributed by atoms with Crippen LogP contribution >= 0.6 is 34.9 Å². The van der Waals surface area contributed by atoms with Crippen molar-refractivity contribution in [1.29, 1.82) is 0 Å². The van der Waals surface area contributed by atoms with Crippen LogP contribution in [0.15, 0.2) is 29.3 Å². The Balaban J connectivity index is 1.79. The Bertz CT molecular complexity index is 992. The van der Waals surface area contributed by atoms with Crippen LogP contribution in [0.1, 0.15) is 41.5 Å². The fourth-order valence-electron chi connectivity index (χ4n) is 2.54. The average Bonchev–Trinajstić information content (AvgIpc) is 3.14. The number of rotatable bonds is 5. The van der Waals surface area contributed by atoms with E-state index in [4.69, 9.17) is 0 Å². The highest BCUT2D eigenvalue weighted by Crippen LogP contribution is 2.33. The van der Waals surface area contributed by atoms with Crippen LogP contribution < -0.4 is 0 Å². The number of aryl methyl sites for hydroxylation is 1. The third-order valence-electron chi connectivity index (χ3n) is 3.79. The Morgan fingerprint density at radius 2 is 1.73 bits per heavy atom. The van der Waals surface area contributed by atoms with Crippen LogP contribution in [0.3, 0.4) is 0 Å². The fraction of sp³-hybridized carbons (Fsp3) is 0.250. The third-order valence-corrected chi connectivity index (χ3v) is 6.15. The number of hydrogen-bond donors (Lipinski definition) is 0. The van der Waals surface area contributed by atoms with Gasteiger partial charge in [-0.05, 0) is 49.3 Å². The van der Waals surface area contributed by atoms with Gasteiger partial charge in [-0.2, -0.15) is 4.99 Å². The second-order valence-corrected chi connectivity index (χ2v) is 8.19. The molecule has 2 aromatic heterocycles. The van der Waals surface area contributed by atoms with Crippen molar-refractivity contribution in [2.75, 3.05) is 0 Å². The van der Waals surface area contributed by atoms with Gasteiger partial charge in [0.2, 0.25) is 0 Å². The summed E-state index contributed by atoms with van der Waals surface area (Å²) in [7, 11) is 0. The van der Waals surface area contributed by atoms with Crippen molar-refractivity contribution in [3.63, 3.8) is 0 Å². The summed E-state index contributed by atoms with van der Waals surface area (Å²) in [6.45, 7) is 2.20. The number of unbranched alkanes of at least 4 members (excludes halogenated alkanes) is 2. The topological polar surface area (TPSA) is 12.4 Å². The van der Waals surface area contributed by atoms with E-state index in [-0.39, 0.29) is 5.56 Å². The molecule has 0 spiro atoms. The summed E-state index contributed by atoms with van der Waals surface area (Å²) >= 11 is 7.79. The molecule has 0 saturated carbocycles. The normalized spacial score (nSPS) is 10.4. The zero-order valence-corrected chi connectivity index (χ0v) is 16.5. The summed E-state index contributed by atoms with van der Waals surface area (Å²) in [5.41, 5.74) is -0.168. The van der Waals surface area contributed by atoms with Gasteiger partial charge in [0.25, 0.3) is 0 Å². The standard InChI is InChI=1S/C20H15F2NS3/c1-2-3-4-5-14-10-18-19(25-14)11-15(26-18)7-6-13-8-16(21)20(23-12-24)17(22)9-13/h8-11H,2-5H2,1H3. The molecule has 2 heterocycles. The number of isothiocyanates is 1. The van der Waals surface area contributed by atoms with E-state index in [0.717, 1.165) is 23.4 Å². The predicted octanol–water partition coefficient (Wildman–Crippen LogP) is 7.11. The predicted molar refractivity (Wildman–Crippen MR) is 110 cm³/mol. The minimum atomic E-state index is -0.796. The lowest BCUT2D eigenvalue weighted by molar-refractivity contribution is 0.587. The van der Waals surface area contributed by atoms with Gasteiger partial charge >= 0.3 is 0 Å². The molecule has 3 aromatic rings. The van der Waals surface area contributed by atoms with Crippen LogP contribution in [-0.2, 0) is 6.42 Å². The number of fused-ring (bicyclic) bond motifs is 1. The molecule has 132 valence electrons. The van der Waals surface area contributed by atoms with E-state index in [2.05, 4.69) is 42.0 Å². The average molecular weight is 404 g/mol. The Hall–Kier alpha value is -1.90. The number of halogens is 2. The van der Waals surface area contributed by atoms with Crippen LogP contribution in [-0.4, -0.2) is 5.16 Å². The number of aliphatic imine (C=N–C) groups is 1. The summed E-state index contributed by atoms with van der Waals surface area (Å²) in [5.74, 6) is 4.21. The molecule has 1 nitrogen and oxygen atoms in total. The molecular formula is C20H15F2NS3. The largest absolute Gasteiger partial charge is 0.204 e. The molecule has 26 heavy (non-hydrogen) atoms. The first-order valence-corrected chi connectivity index (χ1v) is 10.3. The second kappa shape index (κ2) is 8.66. The minimum Gasteiger partial charge on any atom is -0.204 e. The van der Waals surface area contributed by atoms with Crippen molar-refractivity contribution >= 4 is 55.1 Å². The van der Waals surface area contributed by atoms with Crippen LogP contribution in [0.5, 0.6) is 0 Å². The van der Waals surface area contributed by atoms with Crippen molar-refractivity contribution in [2.24, 2.45) is 4.99 Å². The van der Waals surface area contributed by atoms with Gasteiger partial charge in [0.05, 0.1) is 10.0 Å². The Morgan fingerprint density at radius 3 is 2.38 bits per heavy atom. The van der Waals surface area contributed by atoms with Gasteiger partial charge < -0.3 is 0 Å². The summed E-state index contributed by atoms with van der Waals surface area (Å²) in [6.07, 6.45) is 4.82. The SMILES string of the molecule is CCCCCc1cc2sc(C#Cc3cc(F)c(N=C=S)c(F)c3)cc2s1. The van der Waals surface area contributed by atoms with Gasteiger partial charge in [-0.25, -0.2) is 8.78 Å². The van der Waals surface area contributed by atoms with Crippen molar-refractivity contribution in [2.45, 2.75) is 32.6 Å². The molecule has 0 N–H and O–H groups in total.